The number of para-hydroxylation sites is 1. The van der Waals surface area contributed by atoms with Crippen LogP contribution in [0.2, 0.25) is 5.02 Å². The van der Waals surface area contributed by atoms with Crippen molar-refractivity contribution in [3.05, 3.63) is 81.7 Å². The van der Waals surface area contributed by atoms with Gasteiger partial charge in [-0.15, -0.1) is 5.10 Å². The number of nitrogens with zero attached hydrogens (tertiary/aromatic N) is 6. The van der Waals surface area contributed by atoms with Crippen molar-refractivity contribution in [1.29, 1.82) is 0 Å². The van der Waals surface area contributed by atoms with Gasteiger partial charge in [0.2, 0.25) is 0 Å². The van der Waals surface area contributed by atoms with Crippen molar-refractivity contribution in [2.24, 2.45) is 5.10 Å². The molecule has 0 saturated carbocycles. The smallest absolute Gasteiger partial charge is 0.265 e. The van der Waals surface area contributed by atoms with Gasteiger partial charge in [-0.2, -0.15) is 10.2 Å². The zero-order valence-electron chi connectivity index (χ0n) is 12.8. The summed E-state index contributed by atoms with van der Waals surface area (Å²) in [5, 5.41) is 17.2. The van der Waals surface area contributed by atoms with E-state index in [-0.39, 0.29) is 0 Å². The van der Waals surface area contributed by atoms with Crippen molar-refractivity contribution in [1.82, 2.24) is 24.9 Å². The van der Waals surface area contributed by atoms with Crippen molar-refractivity contribution < 1.29 is 0 Å². The minimum Gasteiger partial charge on any atom is -0.265 e. The van der Waals surface area contributed by atoms with E-state index in [2.05, 4.69) is 20.5 Å². The van der Waals surface area contributed by atoms with E-state index in [1.807, 2.05) is 30.3 Å². The summed E-state index contributed by atoms with van der Waals surface area (Å²) in [5.41, 5.74) is 1.58. The molecule has 2 aromatic carbocycles. The standard InChI is InChI=1S/C17H11ClN6O/c18-13-8-6-12(7-9-13)10-20-24-17(25)15-11-19-23(16(15)21-22-24)14-4-2-1-3-5-14/h1-11H. The molecule has 0 atom stereocenters. The number of hydrogen-bond acceptors (Lipinski definition) is 5. The van der Waals surface area contributed by atoms with Gasteiger partial charge in [0, 0.05) is 5.02 Å². The summed E-state index contributed by atoms with van der Waals surface area (Å²) in [6, 6.07) is 16.5. The van der Waals surface area contributed by atoms with Crippen molar-refractivity contribution >= 4 is 28.8 Å². The Labute approximate surface area is 146 Å². The van der Waals surface area contributed by atoms with Gasteiger partial charge < -0.3 is 0 Å². The molecule has 0 aliphatic rings. The molecule has 122 valence electrons. The molecule has 0 N–H and O–H groups in total. The van der Waals surface area contributed by atoms with Crippen LogP contribution in [0.1, 0.15) is 5.56 Å². The van der Waals surface area contributed by atoms with Crippen molar-refractivity contribution in [3.8, 4) is 5.69 Å². The van der Waals surface area contributed by atoms with Crippen LogP contribution in [0.3, 0.4) is 0 Å². The van der Waals surface area contributed by atoms with Crippen LogP contribution < -0.4 is 5.56 Å². The number of benzene rings is 2. The van der Waals surface area contributed by atoms with Crippen molar-refractivity contribution in [2.75, 3.05) is 0 Å². The SMILES string of the molecule is O=c1c2cnn(-c3ccccc3)c2nnn1N=Cc1ccc(Cl)cc1. The molecule has 7 nitrogen and oxygen atoms in total. The van der Waals surface area contributed by atoms with E-state index in [0.717, 1.165) is 16.0 Å². The summed E-state index contributed by atoms with van der Waals surface area (Å²) >= 11 is 5.84. The van der Waals surface area contributed by atoms with E-state index in [1.165, 1.54) is 12.4 Å². The third kappa shape index (κ3) is 2.92. The molecule has 0 spiro atoms. The number of halogens is 1. The van der Waals surface area contributed by atoms with E-state index in [4.69, 9.17) is 11.6 Å². The Bertz CT molecular complexity index is 1120. The molecule has 0 bridgehead atoms. The van der Waals surface area contributed by atoms with E-state index in [1.54, 1.807) is 28.9 Å². The van der Waals surface area contributed by atoms with Crippen LogP contribution in [0.15, 0.2) is 70.7 Å². The first kappa shape index (κ1) is 15.2. The fourth-order valence-electron chi connectivity index (χ4n) is 2.33. The molecule has 4 rings (SSSR count). The normalized spacial score (nSPS) is 11.4. The largest absolute Gasteiger partial charge is 0.302 e. The van der Waals surface area contributed by atoms with Crippen LogP contribution in [0, 0.1) is 0 Å². The molecule has 2 aromatic heterocycles. The third-order valence-electron chi connectivity index (χ3n) is 3.57. The van der Waals surface area contributed by atoms with E-state index in [0.29, 0.717) is 16.1 Å². The molecular weight excluding hydrogens is 340 g/mol. The van der Waals surface area contributed by atoms with Crippen LogP contribution in [0.4, 0.5) is 0 Å². The van der Waals surface area contributed by atoms with Crippen LogP contribution >= 0.6 is 11.6 Å². The zero-order chi connectivity index (χ0) is 17.2. The van der Waals surface area contributed by atoms with Gasteiger partial charge in [0.15, 0.2) is 5.65 Å². The highest BCUT2D eigenvalue weighted by Gasteiger charge is 2.12. The second-order valence-electron chi connectivity index (χ2n) is 5.21. The van der Waals surface area contributed by atoms with Crippen LogP contribution in [-0.4, -0.2) is 31.1 Å². The van der Waals surface area contributed by atoms with Gasteiger partial charge in [0.1, 0.15) is 5.39 Å². The van der Waals surface area contributed by atoms with Crippen LogP contribution in [0.5, 0.6) is 0 Å². The van der Waals surface area contributed by atoms with Crippen molar-refractivity contribution in [3.63, 3.8) is 0 Å². The molecule has 25 heavy (non-hydrogen) atoms. The molecule has 0 unspecified atom stereocenters. The molecule has 0 fully saturated rings. The summed E-state index contributed by atoms with van der Waals surface area (Å²) < 4.78 is 1.57. The molecule has 8 heteroatoms. The Morgan fingerprint density at radius 2 is 1.80 bits per heavy atom. The Morgan fingerprint density at radius 1 is 1.04 bits per heavy atom. The molecule has 0 radical (unpaired) electrons. The molecule has 0 saturated heterocycles. The molecular formula is C17H11ClN6O. The van der Waals surface area contributed by atoms with E-state index < -0.39 is 5.56 Å². The molecule has 2 heterocycles. The first-order chi connectivity index (χ1) is 12.2. The lowest BCUT2D eigenvalue weighted by molar-refractivity contribution is 0.636. The number of fused-ring (bicyclic) bond motifs is 1. The van der Waals surface area contributed by atoms with Gasteiger partial charge in [-0.3, -0.25) is 4.79 Å². The second kappa shape index (κ2) is 6.29. The van der Waals surface area contributed by atoms with Gasteiger partial charge in [-0.05, 0) is 35.0 Å². The zero-order valence-corrected chi connectivity index (χ0v) is 13.6. The lowest BCUT2D eigenvalue weighted by Gasteiger charge is -2.01. The minimum atomic E-state index is -0.391. The van der Waals surface area contributed by atoms with Crippen molar-refractivity contribution in [2.45, 2.75) is 0 Å². The van der Waals surface area contributed by atoms with Gasteiger partial charge in [0.05, 0.1) is 18.1 Å². The first-order valence-corrected chi connectivity index (χ1v) is 7.79. The summed E-state index contributed by atoms with van der Waals surface area (Å²) in [4.78, 5) is 13.5. The lowest BCUT2D eigenvalue weighted by Crippen LogP contribution is -2.21. The average molecular weight is 351 g/mol. The van der Waals surface area contributed by atoms with Crippen LogP contribution in [0.25, 0.3) is 16.7 Å². The lowest BCUT2D eigenvalue weighted by atomic mass is 10.2. The van der Waals surface area contributed by atoms with E-state index in [9.17, 15) is 4.79 Å². The highest BCUT2D eigenvalue weighted by atomic mass is 35.5. The fraction of sp³-hybridized carbons (Fsp3) is 0. The average Bonchev–Trinajstić information content (AvgIpc) is 3.08. The maximum atomic E-state index is 12.5. The third-order valence-corrected chi connectivity index (χ3v) is 3.82. The predicted molar refractivity (Wildman–Crippen MR) is 95.4 cm³/mol. The second-order valence-corrected chi connectivity index (χ2v) is 5.65. The fourth-order valence-corrected chi connectivity index (χ4v) is 2.45. The maximum absolute atomic E-state index is 12.5. The van der Waals surface area contributed by atoms with Gasteiger partial charge >= 0.3 is 5.56 Å². The quantitative estimate of drug-likeness (QED) is 0.532. The molecule has 0 amide bonds. The van der Waals surface area contributed by atoms with Gasteiger partial charge in [0.25, 0.3) is 0 Å². The summed E-state index contributed by atoms with van der Waals surface area (Å²) in [5.74, 6) is 0. The Morgan fingerprint density at radius 3 is 2.56 bits per heavy atom. The number of aromatic nitrogens is 5. The number of hydrogen-bond donors (Lipinski definition) is 0. The monoisotopic (exact) mass is 350 g/mol. The topological polar surface area (TPSA) is 78.0 Å². The summed E-state index contributed by atoms with van der Waals surface area (Å²) in [6.07, 6.45) is 2.98. The Hall–Kier alpha value is -3.32. The molecule has 0 aliphatic carbocycles. The van der Waals surface area contributed by atoms with Gasteiger partial charge in [-0.25, -0.2) is 4.68 Å². The minimum absolute atomic E-state index is 0.340. The maximum Gasteiger partial charge on any atom is 0.302 e. The molecule has 0 aliphatic heterocycles. The highest BCUT2D eigenvalue weighted by molar-refractivity contribution is 6.30. The van der Waals surface area contributed by atoms with E-state index >= 15 is 0 Å². The molecule has 4 aromatic rings. The number of rotatable bonds is 3. The summed E-state index contributed by atoms with van der Waals surface area (Å²) in [6.45, 7) is 0. The Balaban J connectivity index is 1.74. The highest BCUT2D eigenvalue weighted by Crippen LogP contribution is 2.12. The first-order valence-electron chi connectivity index (χ1n) is 7.41. The van der Waals surface area contributed by atoms with Crippen LogP contribution in [-0.2, 0) is 0 Å². The van der Waals surface area contributed by atoms with Gasteiger partial charge in [-0.1, -0.05) is 46.7 Å². The Kier molecular flexibility index (Phi) is 3.83. The summed E-state index contributed by atoms with van der Waals surface area (Å²) in [7, 11) is 0. The predicted octanol–water partition coefficient (Wildman–Crippen LogP) is 2.51.